The van der Waals surface area contributed by atoms with Crippen LogP contribution in [0.1, 0.15) is 11.5 Å². The summed E-state index contributed by atoms with van der Waals surface area (Å²) in [7, 11) is 1.40. The van der Waals surface area contributed by atoms with Crippen molar-refractivity contribution in [2.45, 2.75) is 13.5 Å². The second-order valence-electron chi connectivity index (χ2n) is 4.01. The predicted molar refractivity (Wildman–Crippen MR) is 70.4 cm³/mol. The number of nitrogens with zero attached hydrogens (tertiary/aromatic N) is 1. The lowest BCUT2D eigenvalue weighted by atomic mass is 10.2. The van der Waals surface area contributed by atoms with E-state index in [1.54, 1.807) is 12.1 Å². The van der Waals surface area contributed by atoms with Gasteiger partial charge in [-0.15, -0.1) is 0 Å². The Morgan fingerprint density at radius 2 is 2.16 bits per heavy atom. The van der Waals surface area contributed by atoms with Gasteiger partial charge < -0.3 is 14.5 Å². The number of anilines is 1. The van der Waals surface area contributed by atoms with Gasteiger partial charge in [-0.2, -0.15) is 0 Å². The van der Waals surface area contributed by atoms with Crippen molar-refractivity contribution in [1.29, 1.82) is 0 Å². The third kappa shape index (κ3) is 3.04. The molecule has 0 aliphatic rings. The van der Waals surface area contributed by atoms with Crippen molar-refractivity contribution in [3.63, 3.8) is 0 Å². The van der Waals surface area contributed by atoms with Gasteiger partial charge in [-0.3, -0.25) is 10.1 Å². The SMILES string of the molecule is COc1ccc(NCc2ccc(C)o2)cc1[N+](=O)[O-]. The molecule has 19 heavy (non-hydrogen) atoms. The summed E-state index contributed by atoms with van der Waals surface area (Å²) in [4.78, 5) is 10.4. The summed E-state index contributed by atoms with van der Waals surface area (Å²) in [5.74, 6) is 1.85. The molecule has 1 aromatic heterocycles. The van der Waals surface area contributed by atoms with Crippen LogP contribution in [-0.2, 0) is 6.54 Å². The van der Waals surface area contributed by atoms with Gasteiger partial charge >= 0.3 is 5.69 Å². The van der Waals surface area contributed by atoms with Crippen molar-refractivity contribution in [3.05, 3.63) is 52.0 Å². The Kier molecular flexibility index (Phi) is 3.70. The van der Waals surface area contributed by atoms with E-state index in [2.05, 4.69) is 5.32 Å². The molecule has 6 heteroatoms. The van der Waals surface area contributed by atoms with Crippen LogP contribution >= 0.6 is 0 Å². The lowest BCUT2D eigenvalue weighted by Gasteiger charge is -2.06. The van der Waals surface area contributed by atoms with Crippen LogP contribution in [0.2, 0.25) is 0 Å². The molecule has 0 saturated carbocycles. The number of benzene rings is 1. The van der Waals surface area contributed by atoms with Gasteiger partial charge in [-0.25, -0.2) is 0 Å². The normalized spacial score (nSPS) is 10.2. The van der Waals surface area contributed by atoms with E-state index >= 15 is 0 Å². The van der Waals surface area contributed by atoms with Crippen LogP contribution in [0.25, 0.3) is 0 Å². The van der Waals surface area contributed by atoms with Crippen molar-refractivity contribution in [1.82, 2.24) is 0 Å². The molecule has 0 fully saturated rings. The molecule has 0 aliphatic heterocycles. The lowest BCUT2D eigenvalue weighted by molar-refractivity contribution is -0.385. The molecule has 2 rings (SSSR count). The maximum absolute atomic E-state index is 10.9. The minimum absolute atomic E-state index is 0.0666. The summed E-state index contributed by atoms with van der Waals surface area (Å²) >= 11 is 0. The molecule has 2 aromatic rings. The molecule has 1 heterocycles. The summed E-state index contributed by atoms with van der Waals surface area (Å²) in [5.41, 5.74) is 0.574. The Morgan fingerprint density at radius 3 is 2.74 bits per heavy atom. The number of methoxy groups -OCH3 is 1. The minimum atomic E-state index is -0.471. The zero-order chi connectivity index (χ0) is 13.8. The monoisotopic (exact) mass is 262 g/mol. The summed E-state index contributed by atoms with van der Waals surface area (Å²) < 4.78 is 10.3. The molecule has 0 spiro atoms. The number of nitro benzene ring substituents is 1. The highest BCUT2D eigenvalue weighted by Gasteiger charge is 2.15. The number of furan rings is 1. The maximum atomic E-state index is 10.9. The van der Waals surface area contributed by atoms with E-state index in [1.165, 1.54) is 13.2 Å². The zero-order valence-corrected chi connectivity index (χ0v) is 10.7. The second kappa shape index (κ2) is 5.43. The fourth-order valence-electron chi connectivity index (χ4n) is 1.71. The molecular weight excluding hydrogens is 248 g/mol. The van der Waals surface area contributed by atoms with Crippen LogP contribution in [0.3, 0.4) is 0 Å². The van der Waals surface area contributed by atoms with Gasteiger partial charge in [0.05, 0.1) is 18.6 Å². The Balaban J connectivity index is 2.12. The molecule has 0 unspecified atom stereocenters. The van der Waals surface area contributed by atoms with Crippen LogP contribution in [0, 0.1) is 17.0 Å². The van der Waals surface area contributed by atoms with Crippen molar-refractivity contribution >= 4 is 11.4 Å². The molecule has 0 aliphatic carbocycles. The molecule has 1 N–H and O–H groups in total. The third-order valence-electron chi connectivity index (χ3n) is 2.64. The van der Waals surface area contributed by atoms with E-state index in [1.807, 2.05) is 19.1 Å². The van der Waals surface area contributed by atoms with E-state index < -0.39 is 4.92 Å². The molecule has 0 radical (unpaired) electrons. The molecule has 0 bridgehead atoms. The van der Waals surface area contributed by atoms with Gasteiger partial charge in [0.2, 0.25) is 0 Å². The van der Waals surface area contributed by atoms with Crippen molar-refractivity contribution < 1.29 is 14.1 Å². The molecular formula is C13H14N2O4. The number of rotatable bonds is 5. The van der Waals surface area contributed by atoms with Crippen molar-refractivity contribution in [2.24, 2.45) is 0 Å². The topological polar surface area (TPSA) is 77.5 Å². The van der Waals surface area contributed by atoms with Crippen molar-refractivity contribution in [3.8, 4) is 5.75 Å². The first kappa shape index (κ1) is 12.9. The molecule has 100 valence electrons. The largest absolute Gasteiger partial charge is 0.490 e. The zero-order valence-electron chi connectivity index (χ0n) is 10.7. The van der Waals surface area contributed by atoms with E-state index in [0.717, 1.165) is 11.5 Å². The first-order valence-corrected chi connectivity index (χ1v) is 5.72. The highest BCUT2D eigenvalue weighted by molar-refractivity contribution is 5.58. The average molecular weight is 262 g/mol. The molecule has 0 amide bonds. The van der Waals surface area contributed by atoms with Gasteiger partial charge in [0.15, 0.2) is 5.75 Å². The van der Waals surface area contributed by atoms with Gasteiger partial charge in [0.25, 0.3) is 0 Å². The molecule has 0 atom stereocenters. The lowest BCUT2D eigenvalue weighted by Crippen LogP contribution is -2.00. The minimum Gasteiger partial charge on any atom is -0.490 e. The fraction of sp³-hybridized carbons (Fsp3) is 0.231. The maximum Gasteiger partial charge on any atom is 0.312 e. The average Bonchev–Trinajstić information content (AvgIpc) is 2.81. The number of aryl methyl sites for hydroxylation is 1. The summed E-state index contributed by atoms with van der Waals surface area (Å²) in [6.45, 7) is 2.33. The third-order valence-corrected chi connectivity index (χ3v) is 2.64. The Bertz CT molecular complexity index is 592. The summed E-state index contributed by atoms with van der Waals surface area (Å²) in [6, 6.07) is 8.46. The van der Waals surface area contributed by atoms with E-state index in [4.69, 9.17) is 9.15 Å². The van der Waals surface area contributed by atoms with Crippen LogP contribution in [0.4, 0.5) is 11.4 Å². The first-order chi connectivity index (χ1) is 9.10. The Labute approximate surface area is 110 Å². The smallest absolute Gasteiger partial charge is 0.312 e. The van der Waals surface area contributed by atoms with Gasteiger partial charge in [-0.05, 0) is 31.2 Å². The summed E-state index contributed by atoms with van der Waals surface area (Å²) in [5, 5.41) is 14.0. The van der Waals surface area contributed by atoms with E-state index in [0.29, 0.717) is 12.2 Å². The number of hydrogen-bond donors (Lipinski definition) is 1. The van der Waals surface area contributed by atoms with Crippen LogP contribution in [0.5, 0.6) is 5.75 Å². The standard InChI is InChI=1S/C13H14N2O4/c1-9-3-5-11(19-9)8-14-10-4-6-13(18-2)12(7-10)15(16)17/h3-7,14H,8H2,1-2H3. The second-order valence-corrected chi connectivity index (χ2v) is 4.01. The van der Waals surface area contributed by atoms with Gasteiger partial charge in [-0.1, -0.05) is 0 Å². The quantitative estimate of drug-likeness (QED) is 0.661. The molecule has 6 nitrogen and oxygen atoms in total. The summed E-state index contributed by atoms with van der Waals surface area (Å²) in [6.07, 6.45) is 0. The Morgan fingerprint density at radius 1 is 1.37 bits per heavy atom. The highest BCUT2D eigenvalue weighted by atomic mass is 16.6. The first-order valence-electron chi connectivity index (χ1n) is 5.72. The van der Waals surface area contributed by atoms with Crippen LogP contribution in [0.15, 0.2) is 34.7 Å². The number of nitro groups is 1. The predicted octanol–water partition coefficient (Wildman–Crippen LogP) is 3.12. The molecule has 0 saturated heterocycles. The van der Waals surface area contributed by atoms with Gasteiger partial charge in [0, 0.05) is 11.8 Å². The van der Waals surface area contributed by atoms with E-state index in [-0.39, 0.29) is 11.4 Å². The number of hydrogen-bond acceptors (Lipinski definition) is 5. The fourth-order valence-corrected chi connectivity index (χ4v) is 1.71. The number of ether oxygens (including phenoxy) is 1. The number of nitrogens with one attached hydrogen (secondary N) is 1. The van der Waals surface area contributed by atoms with Crippen LogP contribution in [-0.4, -0.2) is 12.0 Å². The van der Waals surface area contributed by atoms with Crippen molar-refractivity contribution in [2.75, 3.05) is 12.4 Å². The Hall–Kier alpha value is -2.50. The van der Waals surface area contributed by atoms with E-state index in [9.17, 15) is 10.1 Å². The molecule has 1 aromatic carbocycles. The highest BCUT2D eigenvalue weighted by Crippen LogP contribution is 2.29. The van der Waals surface area contributed by atoms with Crippen LogP contribution < -0.4 is 10.1 Å². The van der Waals surface area contributed by atoms with Gasteiger partial charge in [0.1, 0.15) is 11.5 Å².